The van der Waals surface area contributed by atoms with Crippen molar-refractivity contribution in [3.63, 3.8) is 0 Å². The van der Waals surface area contributed by atoms with Crippen molar-refractivity contribution >= 4 is 16.7 Å². The molecule has 0 radical (unpaired) electrons. The number of hydrogen-bond acceptors (Lipinski definition) is 2. The summed E-state index contributed by atoms with van der Waals surface area (Å²) in [5.41, 5.74) is 7.97. The third-order valence-electron chi connectivity index (χ3n) is 3.79. The molecule has 0 amide bonds. The molecular weight excluding hydrogens is 272 g/mol. The van der Waals surface area contributed by atoms with Crippen LogP contribution in [0.1, 0.15) is 18.9 Å². The zero-order valence-corrected chi connectivity index (χ0v) is 11.2. The van der Waals surface area contributed by atoms with Crippen molar-refractivity contribution in [2.45, 2.75) is 18.9 Å². The molecule has 0 spiro atoms. The average molecular weight is 285 g/mol. The number of hydrogen-bond donors (Lipinski definition) is 1. The lowest BCUT2D eigenvalue weighted by molar-refractivity contribution is 0.627. The molecule has 1 aliphatic carbocycles. The van der Waals surface area contributed by atoms with Gasteiger partial charge in [0.2, 0.25) is 0 Å². The topological polar surface area (TPSA) is 43.8 Å². The summed E-state index contributed by atoms with van der Waals surface area (Å²) in [4.78, 5) is 4.43. The largest absolute Gasteiger partial charge is 0.399 e. The molecule has 2 N–H and O–H groups in total. The minimum atomic E-state index is -0.373. The first-order valence-corrected chi connectivity index (χ1v) is 6.86. The van der Waals surface area contributed by atoms with E-state index in [4.69, 9.17) is 5.73 Å². The van der Waals surface area contributed by atoms with Crippen LogP contribution in [-0.2, 0) is 0 Å². The van der Waals surface area contributed by atoms with Gasteiger partial charge in [-0.2, -0.15) is 0 Å². The van der Waals surface area contributed by atoms with E-state index < -0.39 is 0 Å². The molecule has 5 heteroatoms. The van der Waals surface area contributed by atoms with Gasteiger partial charge in [-0.1, -0.05) is 0 Å². The quantitative estimate of drug-likeness (QED) is 0.726. The zero-order chi connectivity index (χ0) is 14.6. The Labute approximate surface area is 120 Å². The second-order valence-electron chi connectivity index (χ2n) is 5.41. The predicted molar refractivity (Wildman–Crippen MR) is 77.8 cm³/mol. The minimum Gasteiger partial charge on any atom is -0.399 e. The third-order valence-corrected chi connectivity index (χ3v) is 3.79. The van der Waals surface area contributed by atoms with Crippen molar-refractivity contribution in [2.75, 3.05) is 5.73 Å². The van der Waals surface area contributed by atoms with Crippen molar-refractivity contribution in [2.24, 2.45) is 0 Å². The fourth-order valence-corrected chi connectivity index (χ4v) is 2.68. The molecule has 1 heterocycles. The summed E-state index contributed by atoms with van der Waals surface area (Å²) in [7, 11) is 0. The van der Waals surface area contributed by atoms with E-state index in [1.165, 1.54) is 24.3 Å². The molecular formula is C16H13F2N3. The van der Waals surface area contributed by atoms with Gasteiger partial charge >= 0.3 is 0 Å². The second kappa shape index (κ2) is 4.28. The molecule has 0 aliphatic heterocycles. The van der Waals surface area contributed by atoms with Crippen molar-refractivity contribution < 1.29 is 8.78 Å². The number of rotatable bonds is 2. The highest BCUT2D eigenvalue weighted by molar-refractivity contribution is 5.81. The summed E-state index contributed by atoms with van der Waals surface area (Å²) in [6, 6.07) is 9.21. The van der Waals surface area contributed by atoms with Crippen LogP contribution >= 0.6 is 0 Å². The Morgan fingerprint density at radius 3 is 2.67 bits per heavy atom. The molecule has 0 atom stereocenters. The molecule has 106 valence electrons. The van der Waals surface area contributed by atoms with Gasteiger partial charge in [0.1, 0.15) is 17.5 Å². The first kappa shape index (κ1) is 12.3. The SMILES string of the molecule is Nc1ccc(F)c(-c2nc3cc(F)ccc3n2C2CC2)c1. The van der Waals surface area contributed by atoms with Gasteiger partial charge in [-0.25, -0.2) is 13.8 Å². The monoisotopic (exact) mass is 285 g/mol. The summed E-state index contributed by atoms with van der Waals surface area (Å²) in [6.45, 7) is 0. The smallest absolute Gasteiger partial charge is 0.144 e. The molecule has 3 nitrogen and oxygen atoms in total. The van der Waals surface area contributed by atoms with Crippen molar-refractivity contribution in [3.8, 4) is 11.4 Å². The maximum absolute atomic E-state index is 14.1. The van der Waals surface area contributed by atoms with E-state index in [0.717, 1.165) is 18.4 Å². The van der Waals surface area contributed by atoms with E-state index in [1.807, 2.05) is 4.57 Å². The predicted octanol–water partition coefficient (Wildman–Crippen LogP) is 3.90. The number of nitrogens with two attached hydrogens (primary N) is 1. The van der Waals surface area contributed by atoms with Gasteiger partial charge in [0, 0.05) is 17.8 Å². The Morgan fingerprint density at radius 1 is 1.10 bits per heavy atom. The van der Waals surface area contributed by atoms with E-state index in [-0.39, 0.29) is 11.6 Å². The molecule has 0 saturated heterocycles. The summed E-state index contributed by atoms with van der Waals surface area (Å²) in [5, 5.41) is 0. The fraction of sp³-hybridized carbons (Fsp3) is 0.188. The highest BCUT2D eigenvalue weighted by Gasteiger charge is 2.29. The maximum atomic E-state index is 14.1. The van der Waals surface area contributed by atoms with Crippen LogP contribution < -0.4 is 5.73 Å². The number of anilines is 1. The van der Waals surface area contributed by atoms with Gasteiger partial charge in [-0.15, -0.1) is 0 Å². The Kier molecular flexibility index (Phi) is 2.51. The lowest BCUT2D eigenvalue weighted by Gasteiger charge is -2.09. The Morgan fingerprint density at radius 2 is 1.90 bits per heavy atom. The van der Waals surface area contributed by atoms with E-state index in [1.54, 1.807) is 12.1 Å². The Hall–Kier alpha value is -2.43. The molecule has 21 heavy (non-hydrogen) atoms. The van der Waals surface area contributed by atoms with Crippen LogP contribution in [0, 0.1) is 11.6 Å². The summed E-state index contributed by atoms with van der Waals surface area (Å²) >= 11 is 0. The number of fused-ring (bicyclic) bond motifs is 1. The number of benzene rings is 2. The van der Waals surface area contributed by atoms with Crippen molar-refractivity contribution in [1.82, 2.24) is 9.55 Å². The van der Waals surface area contributed by atoms with Gasteiger partial charge in [-0.05, 0) is 43.2 Å². The van der Waals surface area contributed by atoms with E-state index in [2.05, 4.69) is 4.98 Å². The van der Waals surface area contributed by atoms with Crippen LogP contribution in [0.3, 0.4) is 0 Å². The van der Waals surface area contributed by atoms with Crippen molar-refractivity contribution in [3.05, 3.63) is 48.0 Å². The van der Waals surface area contributed by atoms with Crippen molar-refractivity contribution in [1.29, 1.82) is 0 Å². The molecule has 1 saturated carbocycles. The normalized spacial score (nSPS) is 14.8. The molecule has 0 unspecified atom stereocenters. The number of halogens is 2. The lowest BCUT2D eigenvalue weighted by atomic mass is 10.1. The average Bonchev–Trinajstić information content (AvgIpc) is 3.22. The Bertz CT molecular complexity index is 850. The van der Waals surface area contributed by atoms with Crippen LogP contribution in [0.15, 0.2) is 36.4 Å². The molecule has 1 fully saturated rings. The number of aromatic nitrogens is 2. The fourth-order valence-electron chi connectivity index (χ4n) is 2.68. The molecule has 4 rings (SSSR count). The second-order valence-corrected chi connectivity index (χ2v) is 5.41. The highest BCUT2D eigenvalue weighted by Crippen LogP contribution is 2.41. The van der Waals surface area contributed by atoms with Gasteiger partial charge in [0.25, 0.3) is 0 Å². The maximum Gasteiger partial charge on any atom is 0.144 e. The third kappa shape index (κ3) is 1.96. The molecule has 1 aliphatic rings. The zero-order valence-electron chi connectivity index (χ0n) is 11.2. The molecule has 1 aromatic heterocycles. The van der Waals surface area contributed by atoms with E-state index >= 15 is 0 Å². The Balaban J connectivity index is 2.03. The van der Waals surface area contributed by atoms with E-state index in [9.17, 15) is 8.78 Å². The number of imidazole rings is 1. The van der Waals surface area contributed by atoms with E-state index in [0.29, 0.717) is 28.6 Å². The number of nitrogen functional groups attached to an aromatic ring is 1. The lowest BCUT2D eigenvalue weighted by Crippen LogP contribution is -2.00. The number of nitrogens with zero attached hydrogens (tertiary/aromatic N) is 2. The molecule has 0 bridgehead atoms. The van der Waals surface area contributed by atoms with Crippen LogP contribution in [-0.4, -0.2) is 9.55 Å². The van der Waals surface area contributed by atoms with Crippen LogP contribution in [0.4, 0.5) is 14.5 Å². The van der Waals surface area contributed by atoms with Crippen LogP contribution in [0.2, 0.25) is 0 Å². The summed E-state index contributed by atoms with van der Waals surface area (Å²) in [5.74, 6) is -0.202. The van der Waals surface area contributed by atoms with Gasteiger partial charge in [0.05, 0.1) is 16.6 Å². The first-order valence-electron chi connectivity index (χ1n) is 6.86. The van der Waals surface area contributed by atoms with Gasteiger partial charge < -0.3 is 10.3 Å². The minimum absolute atomic E-state index is 0.302. The van der Waals surface area contributed by atoms with Crippen LogP contribution in [0.5, 0.6) is 0 Å². The van der Waals surface area contributed by atoms with Gasteiger partial charge in [0.15, 0.2) is 0 Å². The first-order chi connectivity index (χ1) is 10.1. The standard InChI is InChI=1S/C16H13F2N3/c17-9-1-6-15-14(7-9)20-16(21(15)11-3-4-11)12-8-10(19)2-5-13(12)18/h1-2,5-8,11H,3-4,19H2. The summed E-state index contributed by atoms with van der Waals surface area (Å²) in [6.07, 6.45) is 2.06. The molecule has 3 aromatic rings. The molecule has 2 aromatic carbocycles. The van der Waals surface area contributed by atoms with Crippen LogP contribution in [0.25, 0.3) is 22.4 Å². The summed E-state index contributed by atoms with van der Waals surface area (Å²) < 4.78 is 29.5. The van der Waals surface area contributed by atoms with Gasteiger partial charge in [-0.3, -0.25) is 0 Å². The highest BCUT2D eigenvalue weighted by atomic mass is 19.1.